The van der Waals surface area contributed by atoms with Gasteiger partial charge in [0.2, 0.25) is 10.0 Å². The molecule has 2 fully saturated rings. The molecule has 1 aromatic heterocycles. The van der Waals surface area contributed by atoms with E-state index in [1.165, 1.54) is 6.20 Å². The van der Waals surface area contributed by atoms with Crippen LogP contribution >= 0.6 is 12.4 Å². The highest BCUT2D eigenvalue weighted by Crippen LogP contribution is 2.38. The summed E-state index contributed by atoms with van der Waals surface area (Å²) in [5.74, 6) is 0. The number of nitrogens with one attached hydrogen (secondary N) is 2. The number of rotatable bonds is 2. The second-order valence-corrected chi connectivity index (χ2v) is 7.28. The van der Waals surface area contributed by atoms with E-state index in [2.05, 4.69) is 15.5 Å². The van der Waals surface area contributed by atoms with Gasteiger partial charge in [-0.25, -0.2) is 8.42 Å². The molecule has 8 heteroatoms. The van der Waals surface area contributed by atoms with E-state index in [4.69, 9.17) is 0 Å². The Morgan fingerprint density at radius 3 is 2.79 bits per heavy atom. The second-order valence-electron chi connectivity index (χ2n) is 5.37. The van der Waals surface area contributed by atoms with Gasteiger partial charge in [-0.2, -0.15) is 9.40 Å². The maximum Gasteiger partial charge on any atom is 0.246 e. The zero-order valence-electron chi connectivity index (χ0n) is 10.8. The summed E-state index contributed by atoms with van der Waals surface area (Å²) in [4.78, 5) is 0.311. The van der Waals surface area contributed by atoms with Crippen molar-refractivity contribution >= 4 is 22.4 Å². The lowest BCUT2D eigenvalue weighted by Crippen LogP contribution is -2.33. The van der Waals surface area contributed by atoms with Crippen molar-refractivity contribution in [1.29, 1.82) is 0 Å². The molecule has 1 spiro atoms. The van der Waals surface area contributed by atoms with Gasteiger partial charge < -0.3 is 5.32 Å². The molecule has 1 aromatic rings. The van der Waals surface area contributed by atoms with E-state index in [-0.39, 0.29) is 17.8 Å². The van der Waals surface area contributed by atoms with E-state index in [1.807, 2.05) is 0 Å². The molecule has 0 amide bonds. The van der Waals surface area contributed by atoms with E-state index in [0.717, 1.165) is 25.9 Å². The SMILES string of the molecule is Cc1[nH]ncc1S(=O)(=O)N1CCC2(CCNC2)C1.Cl. The fourth-order valence-corrected chi connectivity index (χ4v) is 4.65. The highest BCUT2D eigenvalue weighted by molar-refractivity contribution is 7.89. The van der Waals surface area contributed by atoms with E-state index >= 15 is 0 Å². The van der Waals surface area contributed by atoms with E-state index < -0.39 is 10.0 Å². The minimum absolute atomic E-state index is 0. The molecule has 0 aliphatic carbocycles. The quantitative estimate of drug-likeness (QED) is 0.835. The molecular weight excluding hydrogens is 288 g/mol. The van der Waals surface area contributed by atoms with Crippen LogP contribution in [0.1, 0.15) is 18.5 Å². The van der Waals surface area contributed by atoms with Crippen molar-refractivity contribution in [1.82, 2.24) is 19.8 Å². The van der Waals surface area contributed by atoms with Crippen molar-refractivity contribution in [2.24, 2.45) is 5.41 Å². The average molecular weight is 307 g/mol. The van der Waals surface area contributed by atoms with Gasteiger partial charge in [-0.1, -0.05) is 0 Å². The van der Waals surface area contributed by atoms with Crippen LogP contribution in [0, 0.1) is 12.3 Å². The lowest BCUT2D eigenvalue weighted by Gasteiger charge is -2.22. The zero-order valence-corrected chi connectivity index (χ0v) is 12.5. The number of aryl methyl sites for hydroxylation is 1. The summed E-state index contributed by atoms with van der Waals surface area (Å²) in [6, 6.07) is 0. The Hall–Kier alpha value is -0.630. The lowest BCUT2D eigenvalue weighted by molar-refractivity contribution is 0.338. The Balaban J connectivity index is 0.00000133. The molecule has 0 aromatic carbocycles. The van der Waals surface area contributed by atoms with Crippen molar-refractivity contribution in [3.63, 3.8) is 0 Å². The van der Waals surface area contributed by atoms with Crippen molar-refractivity contribution < 1.29 is 8.42 Å². The number of nitrogens with zero attached hydrogens (tertiary/aromatic N) is 2. The van der Waals surface area contributed by atoms with Crippen LogP contribution in [0.5, 0.6) is 0 Å². The summed E-state index contributed by atoms with van der Waals surface area (Å²) in [6.45, 7) is 4.92. The van der Waals surface area contributed by atoms with Crippen molar-refractivity contribution in [3.05, 3.63) is 11.9 Å². The maximum atomic E-state index is 12.5. The highest BCUT2D eigenvalue weighted by Gasteiger charge is 2.44. The first kappa shape index (κ1) is 14.8. The number of aromatic amines is 1. The molecule has 3 heterocycles. The molecular formula is C11H19ClN4O2S. The smallest absolute Gasteiger partial charge is 0.246 e. The van der Waals surface area contributed by atoms with Gasteiger partial charge in [0.25, 0.3) is 0 Å². The van der Waals surface area contributed by atoms with Crippen LogP contribution < -0.4 is 5.32 Å². The summed E-state index contributed by atoms with van der Waals surface area (Å²) >= 11 is 0. The van der Waals surface area contributed by atoms with E-state index in [1.54, 1.807) is 11.2 Å². The lowest BCUT2D eigenvalue weighted by atomic mass is 9.87. The summed E-state index contributed by atoms with van der Waals surface area (Å²) < 4.78 is 26.6. The number of halogens is 1. The van der Waals surface area contributed by atoms with Gasteiger partial charge in [0.05, 0.1) is 11.9 Å². The fourth-order valence-electron chi connectivity index (χ4n) is 2.98. The van der Waals surface area contributed by atoms with Gasteiger partial charge in [-0.05, 0) is 31.7 Å². The second kappa shape index (κ2) is 5.05. The Labute approximate surface area is 119 Å². The topological polar surface area (TPSA) is 78.1 Å². The Bertz CT molecular complexity index is 551. The third kappa shape index (κ3) is 2.40. The average Bonchev–Trinajstić information content (AvgIpc) is 3.02. The normalized spacial score (nSPS) is 27.8. The van der Waals surface area contributed by atoms with Crippen molar-refractivity contribution in [2.75, 3.05) is 26.2 Å². The van der Waals surface area contributed by atoms with Crippen LogP contribution in [0.2, 0.25) is 0 Å². The summed E-state index contributed by atoms with van der Waals surface area (Å²) in [5.41, 5.74) is 0.769. The van der Waals surface area contributed by atoms with Crippen LogP contribution in [-0.2, 0) is 10.0 Å². The predicted molar refractivity (Wildman–Crippen MR) is 73.9 cm³/mol. The molecule has 19 heavy (non-hydrogen) atoms. The first-order valence-corrected chi connectivity index (χ1v) is 7.68. The molecule has 1 unspecified atom stereocenters. The molecule has 3 rings (SSSR count). The third-order valence-electron chi connectivity index (χ3n) is 4.14. The van der Waals surface area contributed by atoms with Gasteiger partial charge in [-0.3, -0.25) is 5.10 Å². The minimum atomic E-state index is -3.38. The summed E-state index contributed by atoms with van der Waals surface area (Å²) in [7, 11) is -3.38. The molecule has 6 nitrogen and oxygen atoms in total. The highest BCUT2D eigenvalue weighted by atomic mass is 35.5. The standard InChI is InChI=1S/C11H18N4O2S.ClH/c1-9-10(6-13-14-9)18(16,17)15-5-3-11(8-15)2-4-12-7-11;/h6,12H,2-5,7-8H2,1H3,(H,13,14);1H. The van der Waals surface area contributed by atoms with Gasteiger partial charge in [0.1, 0.15) is 4.90 Å². The molecule has 108 valence electrons. The number of hydrogen-bond acceptors (Lipinski definition) is 4. The summed E-state index contributed by atoms with van der Waals surface area (Å²) in [5, 5.41) is 9.83. The van der Waals surface area contributed by atoms with Gasteiger partial charge in [-0.15, -0.1) is 12.4 Å². The fraction of sp³-hybridized carbons (Fsp3) is 0.727. The first-order valence-electron chi connectivity index (χ1n) is 6.24. The van der Waals surface area contributed by atoms with Crippen LogP contribution in [0.15, 0.2) is 11.1 Å². The van der Waals surface area contributed by atoms with Gasteiger partial charge in [0.15, 0.2) is 0 Å². The number of sulfonamides is 1. The van der Waals surface area contributed by atoms with Gasteiger partial charge in [0, 0.05) is 19.6 Å². The van der Waals surface area contributed by atoms with Crippen molar-refractivity contribution in [3.8, 4) is 0 Å². The molecule has 1 atom stereocenters. The summed E-state index contributed by atoms with van der Waals surface area (Å²) in [6.07, 6.45) is 3.43. The van der Waals surface area contributed by atoms with E-state index in [9.17, 15) is 8.42 Å². The monoisotopic (exact) mass is 306 g/mol. The third-order valence-corrected chi connectivity index (χ3v) is 6.10. The van der Waals surface area contributed by atoms with Crippen LogP contribution in [0.4, 0.5) is 0 Å². The molecule has 2 aliphatic heterocycles. The first-order chi connectivity index (χ1) is 8.54. The Morgan fingerprint density at radius 1 is 1.42 bits per heavy atom. The predicted octanol–water partition coefficient (Wildman–Crippen LogP) is 0.514. The largest absolute Gasteiger partial charge is 0.316 e. The van der Waals surface area contributed by atoms with Crippen molar-refractivity contribution in [2.45, 2.75) is 24.7 Å². The molecule has 0 saturated carbocycles. The van der Waals surface area contributed by atoms with Crippen LogP contribution in [-0.4, -0.2) is 49.1 Å². The zero-order chi connectivity index (χ0) is 12.8. The number of hydrogen-bond donors (Lipinski definition) is 2. The maximum absolute atomic E-state index is 12.5. The Kier molecular flexibility index (Phi) is 3.92. The van der Waals surface area contributed by atoms with Crippen LogP contribution in [0.3, 0.4) is 0 Å². The van der Waals surface area contributed by atoms with Gasteiger partial charge >= 0.3 is 0 Å². The van der Waals surface area contributed by atoms with E-state index in [0.29, 0.717) is 23.7 Å². The van der Waals surface area contributed by atoms with Crippen LogP contribution in [0.25, 0.3) is 0 Å². The molecule has 2 N–H and O–H groups in total. The molecule has 0 bridgehead atoms. The molecule has 0 radical (unpaired) electrons. The Morgan fingerprint density at radius 2 is 2.21 bits per heavy atom. The number of aromatic nitrogens is 2. The number of H-pyrrole nitrogens is 1. The molecule has 2 aliphatic rings. The minimum Gasteiger partial charge on any atom is -0.316 e. The molecule has 2 saturated heterocycles.